The van der Waals surface area contributed by atoms with Crippen LogP contribution in [0, 0.1) is 5.92 Å². The van der Waals surface area contributed by atoms with E-state index in [1.54, 1.807) is 12.1 Å². The summed E-state index contributed by atoms with van der Waals surface area (Å²) in [4.78, 5) is 23.5. The Morgan fingerprint density at radius 3 is 2.38 bits per heavy atom. The van der Waals surface area contributed by atoms with Gasteiger partial charge >= 0.3 is 5.97 Å². The molecular formula is C17H21NO3. The van der Waals surface area contributed by atoms with Crippen LogP contribution in [0.25, 0.3) is 0 Å². The molecule has 21 heavy (non-hydrogen) atoms. The van der Waals surface area contributed by atoms with E-state index in [1.165, 1.54) is 26.4 Å². The molecular weight excluding hydrogens is 266 g/mol. The highest BCUT2D eigenvalue weighted by atomic mass is 16.5. The van der Waals surface area contributed by atoms with E-state index in [1.807, 2.05) is 12.1 Å². The van der Waals surface area contributed by atoms with Gasteiger partial charge in [0.2, 0.25) is 5.91 Å². The molecule has 0 radical (unpaired) electrons. The summed E-state index contributed by atoms with van der Waals surface area (Å²) in [6.45, 7) is 0. The van der Waals surface area contributed by atoms with Gasteiger partial charge in [-0.15, -0.1) is 0 Å². The Balaban J connectivity index is 1.64. The van der Waals surface area contributed by atoms with Crippen molar-refractivity contribution in [3.63, 3.8) is 0 Å². The number of rotatable bonds is 5. The van der Waals surface area contributed by atoms with Gasteiger partial charge in [0.05, 0.1) is 18.2 Å². The third-order valence-electron chi connectivity index (χ3n) is 4.69. The lowest BCUT2D eigenvalue weighted by Crippen LogP contribution is -2.36. The summed E-state index contributed by atoms with van der Waals surface area (Å²) in [5.74, 6) is 0.414. The first kappa shape index (κ1) is 14.1. The Labute approximate surface area is 124 Å². The van der Waals surface area contributed by atoms with Crippen LogP contribution in [0.3, 0.4) is 0 Å². The van der Waals surface area contributed by atoms with E-state index in [-0.39, 0.29) is 17.4 Å². The first-order valence-corrected chi connectivity index (χ1v) is 7.63. The number of methoxy groups -OCH3 is 1. The highest BCUT2D eigenvalue weighted by Gasteiger charge is 2.45. The van der Waals surface area contributed by atoms with Crippen molar-refractivity contribution >= 4 is 11.9 Å². The molecule has 2 saturated carbocycles. The maximum Gasteiger partial charge on any atom is 0.337 e. The summed E-state index contributed by atoms with van der Waals surface area (Å²) in [5, 5.41) is 3.19. The Kier molecular flexibility index (Phi) is 3.70. The van der Waals surface area contributed by atoms with E-state index in [4.69, 9.17) is 4.74 Å². The maximum absolute atomic E-state index is 12.1. The molecule has 0 aliphatic heterocycles. The molecule has 1 amide bonds. The lowest BCUT2D eigenvalue weighted by Gasteiger charge is -2.26. The second-order valence-corrected chi connectivity index (χ2v) is 6.20. The lowest BCUT2D eigenvalue weighted by atomic mass is 9.82. The van der Waals surface area contributed by atoms with E-state index in [0.717, 1.165) is 18.4 Å². The molecule has 4 heteroatoms. The number of hydrogen-bond donors (Lipinski definition) is 1. The molecule has 112 valence electrons. The molecule has 0 unspecified atom stereocenters. The molecule has 2 aliphatic rings. The zero-order valence-corrected chi connectivity index (χ0v) is 12.4. The van der Waals surface area contributed by atoms with Crippen molar-refractivity contribution in [2.75, 3.05) is 7.11 Å². The number of esters is 1. The average molecular weight is 287 g/mol. The van der Waals surface area contributed by atoms with Crippen molar-refractivity contribution < 1.29 is 14.3 Å². The molecule has 0 spiro atoms. The van der Waals surface area contributed by atoms with E-state index in [9.17, 15) is 9.59 Å². The topological polar surface area (TPSA) is 55.4 Å². The standard InChI is InChI=1S/C17H21NO3/c1-21-16(20)13-5-7-14(8-6-13)17(9-10-17)18-15(19)11-12-3-2-4-12/h5-8,12H,2-4,9-11H2,1H3,(H,18,19). The summed E-state index contributed by atoms with van der Waals surface area (Å²) in [7, 11) is 1.37. The fourth-order valence-electron chi connectivity index (χ4n) is 2.93. The van der Waals surface area contributed by atoms with Gasteiger partial charge in [-0.3, -0.25) is 4.79 Å². The molecule has 0 aromatic heterocycles. The van der Waals surface area contributed by atoms with Crippen molar-refractivity contribution in [1.29, 1.82) is 0 Å². The molecule has 1 aromatic carbocycles. The highest BCUT2D eigenvalue weighted by molar-refractivity contribution is 5.89. The predicted octanol–water partition coefficient (Wildman–Crippen LogP) is 2.77. The van der Waals surface area contributed by atoms with Crippen LogP contribution in [0.5, 0.6) is 0 Å². The van der Waals surface area contributed by atoms with Crippen LogP contribution in [0.2, 0.25) is 0 Å². The molecule has 0 saturated heterocycles. The molecule has 2 fully saturated rings. The Morgan fingerprint density at radius 2 is 1.90 bits per heavy atom. The fraction of sp³-hybridized carbons (Fsp3) is 0.529. The van der Waals surface area contributed by atoms with E-state index in [0.29, 0.717) is 17.9 Å². The van der Waals surface area contributed by atoms with Gasteiger partial charge in [-0.25, -0.2) is 4.79 Å². The minimum Gasteiger partial charge on any atom is -0.465 e. The van der Waals surface area contributed by atoms with Gasteiger partial charge in [0.25, 0.3) is 0 Å². The normalized spacial score (nSPS) is 19.5. The Hall–Kier alpha value is -1.84. The van der Waals surface area contributed by atoms with Crippen LogP contribution in [0.4, 0.5) is 0 Å². The summed E-state index contributed by atoms with van der Waals surface area (Å²) in [5.41, 5.74) is 1.42. The summed E-state index contributed by atoms with van der Waals surface area (Å²) >= 11 is 0. The van der Waals surface area contributed by atoms with Crippen molar-refractivity contribution in [1.82, 2.24) is 5.32 Å². The quantitative estimate of drug-likeness (QED) is 0.847. The van der Waals surface area contributed by atoms with Crippen molar-refractivity contribution in [3.05, 3.63) is 35.4 Å². The SMILES string of the molecule is COC(=O)c1ccc(C2(NC(=O)CC3CCC3)CC2)cc1. The van der Waals surface area contributed by atoms with Crippen molar-refractivity contribution in [2.45, 2.75) is 44.1 Å². The number of ether oxygens (including phenoxy) is 1. The van der Waals surface area contributed by atoms with Crippen LogP contribution < -0.4 is 5.32 Å². The average Bonchev–Trinajstić information content (AvgIpc) is 3.23. The number of benzene rings is 1. The third-order valence-corrected chi connectivity index (χ3v) is 4.69. The minimum atomic E-state index is -0.333. The second-order valence-electron chi connectivity index (χ2n) is 6.20. The summed E-state index contributed by atoms with van der Waals surface area (Å²) in [6, 6.07) is 7.37. The molecule has 4 nitrogen and oxygen atoms in total. The van der Waals surface area contributed by atoms with Gasteiger partial charge in [-0.2, -0.15) is 0 Å². The number of carbonyl (C=O) groups is 2. The molecule has 1 N–H and O–H groups in total. The van der Waals surface area contributed by atoms with Crippen LogP contribution in [0.1, 0.15) is 54.4 Å². The predicted molar refractivity (Wildman–Crippen MR) is 78.8 cm³/mol. The van der Waals surface area contributed by atoms with Crippen LogP contribution in [-0.4, -0.2) is 19.0 Å². The number of hydrogen-bond acceptors (Lipinski definition) is 3. The van der Waals surface area contributed by atoms with Crippen molar-refractivity contribution in [3.8, 4) is 0 Å². The van der Waals surface area contributed by atoms with Gasteiger partial charge in [0.15, 0.2) is 0 Å². The Morgan fingerprint density at radius 1 is 1.24 bits per heavy atom. The molecule has 0 atom stereocenters. The zero-order chi connectivity index (χ0) is 14.9. The van der Waals surface area contributed by atoms with Crippen LogP contribution in [0.15, 0.2) is 24.3 Å². The molecule has 2 aliphatic carbocycles. The zero-order valence-electron chi connectivity index (χ0n) is 12.4. The van der Waals surface area contributed by atoms with Gasteiger partial charge in [0.1, 0.15) is 0 Å². The Bertz CT molecular complexity index is 542. The lowest BCUT2D eigenvalue weighted by molar-refractivity contribution is -0.123. The first-order chi connectivity index (χ1) is 10.1. The van der Waals surface area contributed by atoms with E-state index >= 15 is 0 Å². The number of carbonyl (C=O) groups excluding carboxylic acids is 2. The summed E-state index contributed by atoms with van der Waals surface area (Å²) < 4.78 is 4.70. The molecule has 3 rings (SSSR count). The monoisotopic (exact) mass is 287 g/mol. The smallest absolute Gasteiger partial charge is 0.337 e. The minimum absolute atomic E-state index is 0.161. The van der Waals surface area contributed by atoms with E-state index < -0.39 is 0 Å². The number of nitrogens with one attached hydrogen (secondary N) is 1. The highest BCUT2D eigenvalue weighted by Crippen LogP contribution is 2.45. The first-order valence-electron chi connectivity index (χ1n) is 7.63. The van der Waals surface area contributed by atoms with Gasteiger partial charge in [-0.05, 0) is 49.3 Å². The van der Waals surface area contributed by atoms with Crippen LogP contribution in [-0.2, 0) is 15.1 Å². The van der Waals surface area contributed by atoms with Gasteiger partial charge in [0, 0.05) is 6.42 Å². The second kappa shape index (κ2) is 5.51. The largest absolute Gasteiger partial charge is 0.465 e. The molecule has 0 heterocycles. The maximum atomic E-state index is 12.1. The summed E-state index contributed by atoms with van der Waals surface area (Å²) in [6.07, 6.45) is 6.24. The fourth-order valence-corrected chi connectivity index (χ4v) is 2.93. The van der Waals surface area contributed by atoms with Gasteiger partial charge < -0.3 is 10.1 Å². The third kappa shape index (κ3) is 2.94. The molecule has 1 aromatic rings. The number of amides is 1. The van der Waals surface area contributed by atoms with Gasteiger partial charge in [-0.1, -0.05) is 18.6 Å². The molecule has 0 bridgehead atoms. The van der Waals surface area contributed by atoms with E-state index in [2.05, 4.69) is 5.32 Å². The van der Waals surface area contributed by atoms with Crippen molar-refractivity contribution in [2.24, 2.45) is 5.92 Å². The van der Waals surface area contributed by atoms with Crippen LogP contribution >= 0.6 is 0 Å².